The molecule has 0 spiro atoms. The Kier molecular flexibility index (Phi) is 3.69. The van der Waals surface area contributed by atoms with Crippen LogP contribution in [-0.4, -0.2) is 11.1 Å². The average Bonchev–Trinajstić information content (AvgIpc) is 2.10. The predicted molar refractivity (Wildman–Crippen MR) is 56.5 cm³/mol. The van der Waals surface area contributed by atoms with E-state index < -0.39 is 5.97 Å². The van der Waals surface area contributed by atoms with Gasteiger partial charge in [0.05, 0.1) is 6.42 Å². The Morgan fingerprint density at radius 2 is 2.14 bits per heavy atom. The molecule has 0 amide bonds. The van der Waals surface area contributed by atoms with E-state index in [-0.39, 0.29) is 6.42 Å². The van der Waals surface area contributed by atoms with Crippen molar-refractivity contribution in [2.24, 2.45) is 0 Å². The minimum Gasteiger partial charge on any atom is -0.481 e. The summed E-state index contributed by atoms with van der Waals surface area (Å²) in [5.41, 5.74) is 3.36. The maximum Gasteiger partial charge on any atom is 0.307 e. The molecule has 0 saturated heterocycles. The molecule has 0 fully saturated rings. The molecule has 1 rings (SSSR count). The molecule has 0 radical (unpaired) electrons. The van der Waals surface area contributed by atoms with Gasteiger partial charge in [-0.1, -0.05) is 31.5 Å². The van der Waals surface area contributed by atoms with Crippen molar-refractivity contribution >= 4 is 5.97 Å². The molecule has 0 aliphatic heterocycles. The molecule has 0 saturated carbocycles. The maximum absolute atomic E-state index is 10.6. The topological polar surface area (TPSA) is 37.3 Å². The molecule has 1 aromatic carbocycles. The van der Waals surface area contributed by atoms with E-state index in [4.69, 9.17) is 5.11 Å². The summed E-state index contributed by atoms with van der Waals surface area (Å²) in [4.78, 5) is 10.6. The van der Waals surface area contributed by atoms with Crippen LogP contribution in [0.15, 0.2) is 18.2 Å². The van der Waals surface area contributed by atoms with E-state index in [9.17, 15) is 4.79 Å². The number of carboxylic acids is 1. The molecule has 2 nitrogen and oxygen atoms in total. The lowest BCUT2D eigenvalue weighted by Crippen LogP contribution is -2.04. The normalized spacial score (nSPS) is 10.1. The second-order valence-corrected chi connectivity index (χ2v) is 3.53. The first-order chi connectivity index (χ1) is 6.65. The molecule has 76 valence electrons. The zero-order chi connectivity index (χ0) is 10.6. The average molecular weight is 192 g/mol. The highest BCUT2D eigenvalue weighted by Gasteiger charge is 2.07. The van der Waals surface area contributed by atoms with Crippen LogP contribution in [0.3, 0.4) is 0 Å². The molecule has 14 heavy (non-hydrogen) atoms. The Balaban J connectivity index is 3.01. The highest BCUT2D eigenvalue weighted by atomic mass is 16.4. The van der Waals surface area contributed by atoms with E-state index in [1.807, 2.05) is 25.1 Å². The minimum absolute atomic E-state index is 0.136. The summed E-state index contributed by atoms with van der Waals surface area (Å²) in [5, 5.41) is 8.75. The molecule has 1 N–H and O–H groups in total. The Morgan fingerprint density at radius 3 is 2.71 bits per heavy atom. The van der Waals surface area contributed by atoms with E-state index in [1.165, 1.54) is 11.1 Å². The van der Waals surface area contributed by atoms with Crippen LogP contribution in [-0.2, 0) is 17.6 Å². The molecule has 0 aliphatic rings. The highest BCUT2D eigenvalue weighted by molar-refractivity contribution is 5.71. The second-order valence-electron chi connectivity index (χ2n) is 3.53. The fraction of sp³-hybridized carbons (Fsp3) is 0.417. The van der Waals surface area contributed by atoms with Crippen molar-refractivity contribution in [1.29, 1.82) is 0 Å². The molecule has 0 heterocycles. The van der Waals surface area contributed by atoms with Crippen LogP contribution >= 0.6 is 0 Å². The van der Waals surface area contributed by atoms with Crippen molar-refractivity contribution in [3.63, 3.8) is 0 Å². The van der Waals surface area contributed by atoms with E-state index in [0.717, 1.165) is 18.4 Å². The quantitative estimate of drug-likeness (QED) is 0.796. The Bertz CT molecular complexity index is 329. The Labute approximate surface area is 84.6 Å². The monoisotopic (exact) mass is 192 g/mol. The summed E-state index contributed by atoms with van der Waals surface area (Å²) in [5.74, 6) is -0.757. The van der Waals surface area contributed by atoms with Gasteiger partial charge in [0.2, 0.25) is 0 Å². The maximum atomic E-state index is 10.6. The van der Waals surface area contributed by atoms with Crippen molar-refractivity contribution in [2.75, 3.05) is 0 Å². The van der Waals surface area contributed by atoms with E-state index in [0.29, 0.717) is 0 Å². The van der Waals surface area contributed by atoms with E-state index in [2.05, 4.69) is 6.92 Å². The van der Waals surface area contributed by atoms with Crippen LogP contribution in [0.1, 0.15) is 30.0 Å². The smallest absolute Gasteiger partial charge is 0.307 e. The number of benzene rings is 1. The zero-order valence-electron chi connectivity index (χ0n) is 8.71. The first-order valence-electron chi connectivity index (χ1n) is 4.94. The van der Waals surface area contributed by atoms with Crippen LogP contribution in [0.5, 0.6) is 0 Å². The van der Waals surface area contributed by atoms with Crippen molar-refractivity contribution in [3.05, 3.63) is 34.9 Å². The summed E-state index contributed by atoms with van der Waals surface area (Å²) in [6, 6.07) is 5.87. The van der Waals surface area contributed by atoms with Crippen molar-refractivity contribution in [3.8, 4) is 0 Å². The lowest BCUT2D eigenvalue weighted by Gasteiger charge is -2.09. The number of rotatable bonds is 4. The predicted octanol–water partition coefficient (Wildman–Crippen LogP) is 2.57. The van der Waals surface area contributed by atoms with Gasteiger partial charge in [-0.3, -0.25) is 4.79 Å². The number of aliphatic carboxylic acids is 1. The van der Waals surface area contributed by atoms with Gasteiger partial charge < -0.3 is 5.11 Å². The van der Waals surface area contributed by atoms with Crippen LogP contribution in [0.2, 0.25) is 0 Å². The van der Waals surface area contributed by atoms with Gasteiger partial charge in [-0.05, 0) is 30.0 Å². The van der Waals surface area contributed by atoms with E-state index >= 15 is 0 Å². The number of hydrogen-bond donors (Lipinski definition) is 1. The molecule has 0 unspecified atom stereocenters. The molecule has 0 aromatic heterocycles. The first-order valence-corrected chi connectivity index (χ1v) is 4.94. The van der Waals surface area contributed by atoms with Crippen molar-refractivity contribution in [1.82, 2.24) is 0 Å². The molecule has 0 aliphatic carbocycles. The number of carboxylic acid groups (broad SMARTS) is 1. The molecule has 2 heteroatoms. The molecule has 0 atom stereocenters. The zero-order valence-corrected chi connectivity index (χ0v) is 8.71. The summed E-state index contributed by atoms with van der Waals surface area (Å²) in [6.45, 7) is 4.15. The van der Waals surface area contributed by atoms with Gasteiger partial charge in [-0.2, -0.15) is 0 Å². The van der Waals surface area contributed by atoms with Crippen LogP contribution < -0.4 is 0 Å². The first kappa shape index (κ1) is 10.8. The Hall–Kier alpha value is -1.31. The Morgan fingerprint density at radius 1 is 1.43 bits per heavy atom. The molecule has 1 aromatic rings. The van der Waals surface area contributed by atoms with Gasteiger partial charge in [0.1, 0.15) is 0 Å². The summed E-state index contributed by atoms with van der Waals surface area (Å²) < 4.78 is 0. The van der Waals surface area contributed by atoms with Gasteiger partial charge in [-0.15, -0.1) is 0 Å². The van der Waals surface area contributed by atoms with Crippen molar-refractivity contribution < 1.29 is 9.90 Å². The molecule has 0 bridgehead atoms. The summed E-state index contributed by atoms with van der Waals surface area (Å²) >= 11 is 0. The van der Waals surface area contributed by atoms with Crippen LogP contribution in [0.4, 0.5) is 0 Å². The minimum atomic E-state index is -0.757. The highest BCUT2D eigenvalue weighted by Crippen LogP contribution is 2.16. The van der Waals surface area contributed by atoms with Gasteiger partial charge in [-0.25, -0.2) is 0 Å². The second kappa shape index (κ2) is 4.80. The molecular formula is C12H16O2. The largest absolute Gasteiger partial charge is 0.481 e. The third kappa shape index (κ3) is 2.59. The van der Waals surface area contributed by atoms with Crippen LogP contribution in [0, 0.1) is 6.92 Å². The number of carbonyl (C=O) groups is 1. The lowest BCUT2D eigenvalue weighted by molar-refractivity contribution is -0.136. The SMILES string of the molecule is CCCc1c(C)cccc1CC(=O)O. The van der Waals surface area contributed by atoms with Crippen molar-refractivity contribution in [2.45, 2.75) is 33.1 Å². The van der Waals surface area contributed by atoms with Crippen LogP contribution in [0.25, 0.3) is 0 Å². The van der Waals surface area contributed by atoms with Gasteiger partial charge in [0.15, 0.2) is 0 Å². The fourth-order valence-electron chi connectivity index (χ4n) is 1.70. The van der Waals surface area contributed by atoms with Gasteiger partial charge in [0, 0.05) is 0 Å². The van der Waals surface area contributed by atoms with Gasteiger partial charge >= 0.3 is 5.97 Å². The fourth-order valence-corrected chi connectivity index (χ4v) is 1.70. The lowest BCUT2D eigenvalue weighted by atomic mass is 9.96. The molecular weight excluding hydrogens is 176 g/mol. The van der Waals surface area contributed by atoms with Gasteiger partial charge in [0.25, 0.3) is 0 Å². The summed E-state index contributed by atoms with van der Waals surface area (Å²) in [6.07, 6.45) is 2.16. The standard InChI is InChI=1S/C12H16O2/c1-3-5-11-9(2)6-4-7-10(11)8-12(13)14/h4,6-7H,3,5,8H2,1-2H3,(H,13,14). The third-order valence-corrected chi connectivity index (χ3v) is 2.35. The third-order valence-electron chi connectivity index (χ3n) is 2.35. The summed E-state index contributed by atoms with van der Waals surface area (Å²) in [7, 11) is 0. The number of hydrogen-bond acceptors (Lipinski definition) is 1. The number of aryl methyl sites for hydroxylation is 1. The van der Waals surface area contributed by atoms with E-state index in [1.54, 1.807) is 0 Å².